The van der Waals surface area contributed by atoms with E-state index >= 15 is 0 Å². The zero-order chi connectivity index (χ0) is 14.7. The van der Waals surface area contributed by atoms with E-state index in [2.05, 4.69) is 17.2 Å². The van der Waals surface area contributed by atoms with Crippen LogP contribution in [0.1, 0.15) is 62.5 Å². The van der Waals surface area contributed by atoms with Gasteiger partial charge in [0.1, 0.15) is 16.1 Å². The second kappa shape index (κ2) is 6.55. The Morgan fingerprint density at radius 2 is 2.00 bits per heavy atom. The van der Waals surface area contributed by atoms with Gasteiger partial charge in [0.2, 0.25) is 0 Å². The molecule has 21 heavy (non-hydrogen) atoms. The minimum absolute atomic E-state index is 0.251. The van der Waals surface area contributed by atoms with Crippen LogP contribution in [-0.2, 0) is 23.3 Å². The summed E-state index contributed by atoms with van der Waals surface area (Å²) in [6, 6.07) is 0. The second-order valence-electron chi connectivity index (χ2n) is 6.12. The molecule has 0 radical (unpaired) electrons. The lowest BCUT2D eigenvalue weighted by Gasteiger charge is -2.33. The first kappa shape index (κ1) is 15.1. The fraction of sp³-hybridized carbons (Fsp3) is 0.750. The fourth-order valence-corrected chi connectivity index (χ4v) is 3.89. The van der Waals surface area contributed by atoms with Crippen LogP contribution < -0.4 is 5.32 Å². The maximum absolute atomic E-state index is 6.23. The number of aromatic nitrogens is 2. The maximum atomic E-state index is 6.23. The molecule has 2 heterocycles. The molecule has 2 aliphatic rings. The molecule has 5 heteroatoms. The van der Waals surface area contributed by atoms with Crippen LogP contribution in [0.25, 0.3) is 0 Å². The third-order valence-corrected chi connectivity index (χ3v) is 5.06. The Kier molecular flexibility index (Phi) is 4.72. The van der Waals surface area contributed by atoms with Gasteiger partial charge < -0.3 is 15.0 Å². The summed E-state index contributed by atoms with van der Waals surface area (Å²) < 4.78 is 6.97. The van der Waals surface area contributed by atoms with Crippen LogP contribution in [0, 0.1) is 4.64 Å². The van der Waals surface area contributed by atoms with Crippen LogP contribution >= 0.6 is 12.2 Å². The van der Waals surface area contributed by atoms with Gasteiger partial charge in [-0.2, -0.15) is 0 Å². The second-order valence-corrected chi connectivity index (χ2v) is 6.50. The molecule has 0 bridgehead atoms. The molecular weight excluding hydrogens is 282 g/mol. The van der Waals surface area contributed by atoms with Gasteiger partial charge in [-0.05, 0) is 19.8 Å². The van der Waals surface area contributed by atoms with E-state index in [0.29, 0.717) is 0 Å². The first-order chi connectivity index (χ1) is 10.2. The van der Waals surface area contributed by atoms with E-state index in [0.717, 1.165) is 49.4 Å². The average molecular weight is 307 g/mol. The summed E-state index contributed by atoms with van der Waals surface area (Å²) in [5, 5.41) is 3.37. The molecule has 0 saturated heterocycles. The van der Waals surface area contributed by atoms with Crippen molar-refractivity contribution in [3.8, 4) is 0 Å². The number of hydrogen-bond donors (Lipinski definition) is 2. The third-order valence-electron chi connectivity index (χ3n) is 4.72. The van der Waals surface area contributed by atoms with Crippen LogP contribution in [0.15, 0.2) is 0 Å². The van der Waals surface area contributed by atoms with Crippen molar-refractivity contribution in [3.05, 3.63) is 21.7 Å². The molecule has 0 spiro atoms. The number of ether oxygens (including phenoxy) is 1. The molecule has 4 nitrogen and oxygen atoms in total. The van der Waals surface area contributed by atoms with Crippen LogP contribution in [0.5, 0.6) is 0 Å². The highest BCUT2D eigenvalue weighted by molar-refractivity contribution is 7.71. The fourth-order valence-electron chi connectivity index (χ4n) is 3.61. The van der Waals surface area contributed by atoms with E-state index in [9.17, 15) is 0 Å². The van der Waals surface area contributed by atoms with Crippen molar-refractivity contribution in [2.24, 2.45) is 0 Å². The predicted octanol–water partition coefficient (Wildman–Crippen LogP) is 3.37. The molecule has 116 valence electrons. The SMILES string of the molecule is CCOC1(c2nc(=S)c3c([nH]2)CCNC3)CCCCCC1. The summed E-state index contributed by atoms with van der Waals surface area (Å²) in [7, 11) is 0. The average Bonchev–Trinajstić information content (AvgIpc) is 2.74. The van der Waals surface area contributed by atoms with Gasteiger partial charge in [-0.25, -0.2) is 4.98 Å². The van der Waals surface area contributed by atoms with Crippen molar-refractivity contribution in [2.45, 2.75) is 64.0 Å². The van der Waals surface area contributed by atoms with Crippen molar-refractivity contribution >= 4 is 12.2 Å². The van der Waals surface area contributed by atoms with Gasteiger partial charge in [0.25, 0.3) is 0 Å². The van der Waals surface area contributed by atoms with Crippen molar-refractivity contribution in [1.29, 1.82) is 0 Å². The Bertz CT molecular complexity index is 547. The lowest BCUT2D eigenvalue weighted by atomic mass is 9.92. The summed E-state index contributed by atoms with van der Waals surface area (Å²) in [5.41, 5.74) is 2.17. The van der Waals surface area contributed by atoms with Gasteiger partial charge in [-0.1, -0.05) is 37.9 Å². The van der Waals surface area contributed by atoms with Crippen molar-refractivity contribution in [2.75, 3.05) is 13.2 Å². The van der Waals surface area contributed by atoms with Crippen LogP contribution in [0.3, 0.4) is 0 Å². The van der Waals surface area contributed by atoms with Crippen molar-refractivity contribution in [1.82, 2.24) is 15.3 Å². The summed E-state index contributed by atoms with van der Waals surface area (Å²) in [5.74, 6) is 0.969. The number of rotatable bonds is 3. The number of fused-ring (bicyclic) bond motifs is 1. The Morgan fingerprint density at radius 3 is 2.71 bits per heavy atom. The van der Waals surface area contributed by atoms with E-state index in [4.69, 9.17) is 21.9 Å². The Labute approximate surface area is 131 Å². The Morgan fingerprint density at radius 1 is 1.24 bits per heavy atom. The largest absolute Gasteiger partial charge is 0.367 e. The first-order valence-electron chi connectivity index (χ1n) is 8.22. The van der Waals surface area contributed by atoms with Crippen molar-refractivity contribution in [3.63, 3.8) is 0 Å². The van der Waals surface area contributed by atoms with Gasteiger partial charge in [0.15, 0.2) is 0 Å². The van der Waals surface area contributed by atoms with Gasteiger partial charge in [0, 0.05) is 37.4 Å². The smallest absolute Gasteiger partial charge is 0.140 e. The molecule has 3 rings (SSSR count). The summed E-state index contributed by atoms with van der Waals surface area (Å²) in [6.07, 6.45) is 8.11. The molecule has 1 aromatic rings. The highest BCUT2D eigenvalue weighted by atomic mass is 32.1. The topological polar surface area (TPSA) is 49.9 Å². The molecule has 1 saturated carbocycles. The lowest BCUT2D eigenvalue weighted by molar-refractivity contribution is -0.0627. The molecule has 1 fully saturated rings. The van der Waals surface area contributed by atoms with E-state index in [1.165, 1.54) is 36.9 Å². The predicted molar refractivity (Wildman–Crippen MR) is 85.8 cm³/mol. The summed E-state index contributed by atoms with van der Waals surface area (Å²) in [4.78, 5) is 8.32. The number of H-pyrrole nitrogens is 1. The minimum Gasteiger partial charge on any atom is -0.367 e. The van der Waals surface area contributed by atoms with E-state index in [1.807, 2.05) is 0 Å². The van der Waals surface area contributed by atoms with Crippen LogP contribution in [-0.4, -0.2) is 23.1 Å². The number of hydrogen-bond acceptors (Lipinski definition) is 4. The number of nitrogens with one attached hydrogen (secondary N) is 2. The summed E-state index contributed by atoms with van der Waals surface area (Å²) in [6.45, 7) is 4.63. The zero-order valence-corrected chi connectivity index (χ0v) is 13.7. The summed E-state index contributed by atoms with van der Waals surface area (Å²) >= 11 is 5.54. The van der Waals surface area contributed by atoms with Gasteiger partial charge in [-0.15, -0.1) is 0 Å². The van der Waals surface area contributed by atoms with E-state index in [-0.39, 0.29) is 5.60 Å². The standard InChI is InChI=1S/C16H25N3OS/c1-2-20-16(8-5-3-4-6-9-16)15-18-13-7-10-17-11-12(13)14(21)19-15/h17H,2-11H2,1H3,(H,18,19,21). The molecule has 0 atom stereocenters. The Balaban J connectivity index is 2.02. The number of nitrogens with zero attached hydrogens (tertiary/aromatic N) is 1. The van der Waals surface area contributed by atoms with Gasteiger partial charge in [0.05, 0.1) is 0 Å². The van der Waals surface area contributed by atoms with Crippen LogP contribution in [0.4, 0.5) is 0 Å². The van der Waals surface area contributed by atoms with E-state index < -0.39 is 0 Å². The number of aromatic amines is 1. The first-order valence-corrected chi connectivity index (χ1v) is 8.63. The third kappa shape index (κ3) is 3.05. The molecule has 1 aromatic heterocycles. The molecule has 0 aromatic carbocycles. The monoisotopic (exact) mass is 307 g/mol. The van der Waals surface area contributed by atoms with Crippen molar-refractivity contribution < 1.29 is 4.74 Å². The van der Waals surface area contributed by atoms with Gasteiger partial charge in [-0.3, -0.25) is 0 Å². The van der Waals surface area contributed by atoms with Gasteiger partial charge >= 0.3 is 0 Å². The maximum Gasteiger partial charge on any atom is 0.140 e. The molecular formula is C16H25N3OS. The zero-order valence-electron chi connectivity index (χ0n) is 12.8. The Hall–Kier alpha value is -0.780. The molecule has 1 aliphatic heterocycles. The quantitative estimate of drug-likeness (QED) is 0.664. The lowest BCUT2D eigenvalue weighted by Crippen LogP contribution is -2.34. The van der Waals surface area contributed by atoms with E-state index in [1.54, 1.807) is 0 Å². The highest BCUT2D eigenvalue weighted by Gasteiger charge is 2.36. The highest BCUT2D eigenvalue weighted by Crippen LogP contribution is 2.38. The molecule has 2 N–H and O–H groups in total. The normalized spacial score (nSPS) is 21.6. The molecule has 0 unspecified atom stereocenters. The molecule has 1 aliphatic carbocycles. The minimum atomic E-state index is -0.251. The van der Waals surface area contributed by atoms with Crippen LogP contribution in [0.2, 0.25) is 0 Å². The molecule has 0 amide bonds.